The molecule has 1 spiro atoms. The monoisotopic (exact) mass is 438 g/mol. The van der Waals surface area contributed by atoms with E-state index in [1.165, 1.54) is 4.68 Å². The zero-order valence-electron chi connectivity index (χ0n) is 17.8. The molecule has 1 aromatic heterocycles. The third kappa shape index (κ3) is 4.34. The maximum absolute atomic E-state index is 12.8. The Hall–Kier alpha value is -3.69. The number of carbonyl (C=O) groups excluding carboxylic acids is 4. The summed E-state index contributed by atoms with van der Waals surface area (Å²) in [6.07, 6.45) is 6.30. The number of imide groups is 1. The fourth-order valence-corrected chi connectivity index (χ4v) is 4.27. The summed E-state index contributed by atoms with van der Waals surface area (Å²) in [6, 6.07) is 7.41. The van der Waals surface area contributed by atoms with E-state index in [2.05, 4.69) is 21.0 Å². The van der Waals surface area contributed by atoms with E-state index in [9.17, 15) is 19.2 Å². The highest BCUT2D eigenvalue weighted by atomic mass is 16.2. The van der Waals surface area contributed by atoms with Gasteiger partial charge in [-0.1, -0.05) is 25.0 Å². The number of hydrogen-bond donors (Lipinski definition) is 3. The van der Waals surface area contributed by atoms with E-state index in [1.807, 2.05) is 6.07 Å². The van der Waals surface area contributed by atoms with Crippen molar-refractivity contribution < 1.29 is 19.2 Å². The summed E-state index contributed by atoms with van der Waals surface area (Å²) < 4.78 is 1.52. The molecule has 168 valence electrons. The molecule has 1 saturated heterocycles. The summed E-state index contributed by atoms with van der Waals surface area (Å²) in [7, 11) is 0. The van der Waals surface area contributed by atoms with Crippen LogP contribution in [0.15, 0.2) is 42.7 Å². The predicted molar refractivity (Wildman–Crippen MR) is 115 cm³/mol. The first-order chi connectivity index (χ1) is 15.4. The second-order valence-electron chi connectivity index (χ2n) is 8.24. The number of aromatic nitrogens is 2. The number of benzene rings is 1. The van der Waals surface area contributed by atoms with Crippen molar-refractivity contribution in [2.45, 2.75) is 57.3 Å². The Labute approximate surface area is 185 Å². The standard InChI is InChI=1S/C22H26N6O4/c1-15(28-20(31)22(26-21(28)32)8-2-3-9-22)19(30)23-13-16-6-4-7-17(12-16)25-18(29)14-27-11-5-10-24-27/h4-7,10-12,15H,2-3,8-9,13-14H2,1H3,(H,23,30)(H,25,29)(H,26,32). The average Bonchev–Trinajstić information content (AvgIpc) is 3.49. The zero-order chi connectivity index (χ0) is 22.7. The van der Waals surface area contributed by atoms with E-state index < -0.39 is 23.5 Å². The van der Waals surface area contributed by atoms with Gasteiger partial charge in [0.05, 0.1) is 0 Å². The van der Waals surface area contributed by atoms with Crippen LogP contribution < -0.4 is 16.0 Å². The first-order valence-electron chi connectivity index (χ1n) is 10.7. The fraction of sp³-hybridized carbons (Fsp3) is 0.409. The molecule has 1 aliphatic heterocycles. The van der Waals surface area contributed by atoms with Crippen molar-refractivity contribution in [3.63, 3.8) is 0 Å². The second-order valence-corrected chi connectivity index (χ2v) is 8.24. The van der Waals surface area contributed by atoms with Crippen molar-refractivity contribution in [1.82, 2.24) is 25.3 Å². The molecule has 4 rings (SSSR count). The van der Waals surface area contributed by atoms with Crippen LogP contribution in [0, 0.1) is 0 Å². The molecule has 2 aliphatic rings. The quantitative estimate of drug-likeness (QED) is 0.564. The molecule has 2 heterocycles. The number of rotatable bonds is 7. The van der Waals surface area contributed by atoms with Gasteiger partial charge in [-0.25, -0.2) is 9.69 Å². The average molecular weight is 438 g/mol. The number of nitrogens with zero attached hydrogens (tertiary/aromatic N) is 3. The Kier molecular flexibility index (Phi) is 5.93. The lowest BCUT2D eigenvalue weighted by molar-refractivity contribution is -0.137. The number of anilines is 1. The molecule has 1 aromatic carbocycles. The lowest BCUT2D eigenvalue weighted by Gasteiger charge is -2.23. The van der Waals surface area contributed by atoms with E-state index >= 15 is 0 Å². The van der Waals surface area contributed by atoms with Gasteiger partial charge in [0.15, 0.2) is 0 Å². The molecule has 1 aliphatic carbocycles. The molecule has 32 heavy (non-hydrogen) atoms. The molecule has 1 atom stereocenters. The molecule has 0 bridgehead atoms. The van der Waals surface area contributed by atoms with Crippen LogP contribution in [-0.2, 0) is 27.5 Å². The maximum Gasteiger partial charge on any atom is 0.325 e. The van der Waals surface area contributed by atoms with Crippen molar-refractivity contribution in [2.24, 2.45) is 0 Å². The van der Waals surface area contributed by atoms with Crippen molar-refractivity contribution >= 4 is 29.4 Å². The Bertz CT molecular complexity index is 1030. The van der Waals surface area contributed by atoms with E-state index in [1.54, 1.807) is 43.6 Å². The molecule has 3 N–H and O–H groups in total. The molecule has 10 heteroatoms. The van der Waals surface area contributed by atoms with Crippen molar-refractivity contribution in [3.8, 4) is 0 Å². The molecular weight excluding hydrogens is 412 g/mol. The van der Waals surface area contributed by atoms with E-state index in [-0.39, 0.29) is 24.9 Å². The molecule has 10 nitrogen and oxygen atoms in total. The number of hydrogen-bond acceptors (Lipinski definition) is 5. The highest BCUT2D eigenvalue weighted by molar-refractivity contribution is 6.10. The van der Waals surface area contributed by atoms with Crippen LogP contribution in [0.5, 0.6) is 0 Å². The minimum absolute atomic E-state index is 0.0961. The van der Waals surface area contributed by atoms with Gasteiger partial charge >= 0.3 is 6.03 Å². The maximum atomic E-state index is 12.8. The summed E-state index contributed by atoms with van der Waals surface area (Å²) in [5.74, 6) is -0.955. The molecule has 1 saturated carbocycles. The zero-order valence-corrected chi connectivity index (χ0v) is 17.8. The van der Waals surface area contributed by atoms with Gasteiger partial charge in [0.2, 0.25) is 11.8 Å². The normalized spacial score (nSPS) is 18.0. The van der Waals surface area contributed by atoms with E-state index in [0.29, 0.717) is 18.5 Å². The third-order valence-corrected chi connectivity index (χ3v) is 5.96. The summed E-state index contributed by atoms with van der Waals surface area (Å²) in [5, 5.41) is 12.4. The highest BCUT2D eigenvalue weighted by Crippen LogP contribution is 2.35. The van der Waals surface area contributed by atoms with Gasteiger partial charge in [0.25, 0.3) is 5.91 Å². The van der Waals surface area contributed by atoms with Crippen molar-refractivity contribution in [1.29, 1.82) is 0 Å². The first kappa shape index (κ1) is 21.5. The number of nitrogens with one attached hydrogen (secondary N) is 3. The van der Waals surface area contributed by atoms with E-state index in [0.717, 1.165) is 23.3 Å². The van der Waals surface area contributed by atoms with Crippen LogP contribution >= 0.6 is 0 Å². The Morgan fingerprint density at radius 2 is 2.00 bits per heavy atom. The predicted octanol–water partition coefficient (Wildman–Crippen LogP) is 1.39. The van der Waals surface area contributed by atoms with Gasteiger partial charge in [0, 0.05) is 24.6 Å². The topological polar surface area (TPSA) is 125 Å². The number of urea groups is 1. The van der Waals surface area contributed by atoms with Crippen LogP contribution in [0.4, 0.5) is 10.5 Å². The summed E-state index contributed by atoms with van der Waals surface area (Å²) in [5.41, 5.74) is 0.528. The molecule has 5 amide bonds. The Morgan fingerprint density at radius 1 is 1.22 bits per heavy atom. The van der Waals surface area contributed by atoms with Gasteiger partial charge < -0.3 is 16.0 Å². The number of carbonyl (C=O) groups is 4. The van der Waals surface area contributed by atoms with Gasteiger partial charge in [0.1, 0.15) is 18.1 Å². The molecule has 2 fully saturated rings. The minimum atomic E-state index is -0.917. The molecule has 0 radical (unpaired) electrons. The largest absolute Gasteiger partial charge is 0.350 e. The second kappa shape index (κ2) is 8.81. The van der Waals surface area contributed by atoms with Crippen LogP contribution in [0.3, 0.4) is 0 Å². The summed E-state index contributed by atoms with van der Waals surface area (Å²) >= 11 is 0. The van der Waals surface area contributed by atoms with Crippen LogP contribution in [0.2, 0.25) is 0 Å². The highest BCUT2D eigenvalue weighted by Gasteiger charge is 2.54. The fourth-order valence-electron chi connectivity index (χ4n) is 4.27. The number of amides is 5. The minimum Gasteiger partial charge on any atom is -0.350 e. The molecular formula is C22H26N6O4. The van der Waals surface area contributed by atoms with Crippen molar-refractivity contribution in [2.75, 3.05) is 5.32 Å². The lowest BCUT2D eigenvalue weighted by Crippen LogP contribution is -2.49. The van der Waals surface area contributed by atoms with Crippen LogP contribution in [0.25, 0.3) is 0 Å². The van der Waals surface area contributed by atoms with Crippen molar-refractivity contribution in [3.05, 3.63) is 48.3 Å². The summed E-state index contributed by atoms with van der Waals surface area (Å²) in [6.45, 7) is 1.84. The third-order valence-electron chi connectivity index (χ3n) is 5.96. The summed E-state index contributed by atoms with van der Waals surface area (Å²) in [4.78, 5) is 51.1. The lowest BCUT2D eigenvalue weighted by atomic mass is 9.97. The van der Waals surface area contributed by atoms with E-state index in [4.69, 9.17) is 0 Å². The smallest absolute Gasteiger partial charge is 0.325 e. The van der Waals surface area contributed by atoms with Gasteiger partial charge in [-0.2, -0.15) is 5.10 Å². The Morgan fingerprint density at radius 3 is 2.72 bits per heavy atom. The SMILES string of the molecule is CC(C(=O)NCc1cccc(NC(=O)Cn2cccn2)c1)N1C(=O)NC2(CCCC2)C1=O. The van der Waals surface area contributed by atoms with Gasteiger partial charge in [-0.15, -0.1) is 0 Å². The first-order valence-corrected chi connectivity index (χ1v) is 10.7. The molecule has 2 aromatic rings. The van der Waals surface area contributed by atoms with Gasteiger partial charge in [-0.3, -0.25) is 19.1 Å². The van der Waals surface area contributed by atoms with Gasteiger partial charge in [-0.05, 0) is 43.5 Å². The van der Waals surface area contributed by atoms with Crippen LogP contribution in [-0.4, -0.2) is 50.0 Å². The Balaban J connectivity index is 1.33. The molecule has 1 unspecified atom stereocenters. The van der Waals surface area contributed by atoms with Crippen LogP contribution in [0.1, 0.15) is 38.2 Å².